The van der Waals surface area contributed by atoms with Gasteiger partial charge in [-0.3, -0.25) is 0 Å². The smallest absolute Gasteiger partial charge is 0.337 e. The van der Waals surface area contributed by atoms with Crippen LogP contribution in [0.5, 0.6) is 0 Å². The maximum Gasteiger partial charge on any atom is 0.337 e. The molecule has 0 aliphatic rings. The van der Waals surface area contributed by atoms with Crippen molar-refractivity contribution < 1.29 is 9.90 Å². The minimum absolute atomic E-state index is 0.234. The Morgan fingerprint density at radius 1 is 1.47 bits per heavy atom. The fourth-order valence-electron chi connectivity index (χ4n) is 2.11. The number of aryl methyl sites for hydroxylation is 1. The van der Waals surface area contributed by atoms with E-state index in [9.17, 15) is 9.90 Å². The predicted molar refractivity (Wildman–Crippen MR) is 72.6 cm³/mol. The summed E-state index contributed by atoms with van der Waals surface area (Å²) in [6, 6.07) is 5.20. The van der Waals surface area contributed by atoms with Crippen molar-refractivity contribution in [3.05, 3.63) is 46.2 Å². The van der Waals surface area contributed by atoms with Gasteiger partial charge in [0, 0.05) is 5.38 Å². The second kappa shape index (κ2) is 4.47. The normalized spacial score (nSPS) is 11.0. The Balaban J connectivity index is 2.17. The van der Waals surface area contributed by atoms with Gasteiger partial charge in [-0.1, -0.05) is 6.07 Å². The Morgan fingerprint density at radius 3 is 3.00 bits per heavy atom. The number of carboxylic acids is 1. The summed E-state index contributed by atoms with van der Waals surface area (Å²) in [6.07, 6.45) is 0. The number of imidazole rings is 1. The lowest BCUT2D eigenvalue weighted by molar-refractivity contribution is 0.0699. The quantitative estimate of drug-likeness (QED) is 0.796. The van der Waals surface area contributed by atoms with Crippen molar-refractivity contribution in [3.63, 3.8) is 0 Å². The van der Waals surface area contributed by atoms with Crippen LogP contribution < -0.4 is 0 Å². The van der Waals surface area contributed by atoms with E-state index in [4.69, 9.17) is 0 Å². The van der Waals surface area contributed by atoms with E-state index in [0.29, 0.717) is 12.1 Å². The number of nitrogens with zero attached hydrogens (tertiary/aromatic N) is 3. The van der Waals surface area contributed by atoms with Gasteiger partial charge in [-0.25, -0.2) is 14.8 Å². The number of carboxylic acid groups (broad SMARTS) is 1. The summed E-state index contributed by atoms with van der Waals surface area (Å²) in [7, 11) is 0. The number of aromatic nitrogens is 3. The Bertz CT molecular complexity index is 747. The van der Waals surface area contributed by atoms with E-state index in [1.807, 2.05) is 22.9 Å². The largest absolute Gasteiger partial charge is 0.478 e. The first-order valence-corrected chi connectivity index (χ1v) is 6.67. The van der Waals surface area contributed by atoms with E-state index in [1.165, 1.54) is 0 Å². The molecule has 0 radical (unpaired) electrons. The molecule has 0 saturated heterocycles. The topological polar surface area (TPSA) is 68.0 Å². The number of para-hydroxylation sites is 1. The van der Waals surface area contributed by atoms with Crippen LogP contribution in [0.25, 0.3) is 11.0 Å². The molecular formula is C13H11N3O2S. The lowest BCUT2D eigenvalue weighted by Gasteiger charge is -2.04. The molecule has 96 valence electrons. The molecule has 0 spiro atoms. The molecule has 3 rings (SSSR count). The highest BCUT2D eigenvalue weighted by molar-refractivity contribution is 7.07. The molecule has 2 heterocycles. The van der Waals surface area contributed by atoms with Crippen molar-refractivity contribution in [2.75, 3.05) is 0 Å². The van der Waals surface area contributed by atoms with E-state index in [2.05, 4.69) is 9.97 Å². The zero-order valence-corrected chi connectivity index (χ0v) is 11.0. The molecule has 1 N–H and O–H groups in total. The fourth-order valence-corrected chi connectivity index (χ4v) is 2.66. The summed E-state index contributed by atoms with van der Waals surface area (Å²) >= 11 is 1.54. The van der Waals surface area contributed by atoms with Gasteiger partial charge in [0.05, 0.1) is 28.8 Å². The van der Waals surface area contributed by atoms with Gasteiger partial charge >= 0.3 is 5.97 Å². The average Bonchev–Trinajstić information content (AvgIpc) is 2.98. The van der Waals surface area contributed by atoms with Gasteiger partial charge < -0.3 is 9.67 Å². The van der Waals surface area contributed by atoms with E-state index in [0.717, 1.165) is 17.0 Å². The third-order valence-electron chi connectivity index (χ3n) is 3.00. The van der Waals surface area contributed by atoms with Gasteiger partial charge in [0.15, 0.2) is 0 Å². The van der Waals surface area contributed by atoms with Crippen molar-refractivity contribution in [2.24, 2.45) is 0 Å². The standard InChI is InChI=1S/C13H11N3O2S/c1-8-15-12-10(13(17)18)3-2-4-11(12)16(8)5-9-6-19-7-14-9/h2-4,6-7H,5H2,1H3,(H,17,18). The number of hydrogen-bond acceptors (Lipinski definition) is 4. The monoisotopic (exact) mass is 273 g/mol. The minimum Gasteiger partial charge on any atom is -0.478 e. The van der Waals surface area contributed by atoms with Gasteiger partial charge in [-0.15, -0.1) is 11.3 Å². The number of fused-ring (bicyclic) bond motifs is 1. The number of carbonyl (C=O) groups is 1. The SMILES string of the molecule is Cc1nc2c(C(=O)O)cccc2n1Cc1cscn1. The molecule has 0 aliphatic carbocycles. The van der Waals surface area contributed by atoms with Gasteiger partial charge in [-0.2, -0.15) is 0 Å². The molecule has 0 saturated carbocycles. The van der Waals surface area contributed by atoms with Crippen LogP contribution in [0.15, 0.2) is 29.1 Å². The Morgan fingerprint density at radius 2 is 2.32 bits per heavy atom. The fraction of sp³-hybridized carbons (Fsp3) is 0.154. The van der Waals surface area contributed by atoms with Crippen LogP contribution in [0.4, 0.5) is 0 Å². The van der Waals surface area contributed by atoms with Crippen LogP contribution in [-0.4, -0.2) is 25.6 Å². The molecule has 0 atom stereocenters. The summed E-state index contributed by atoms with van der Waals surface area (Å²) in [5.74, 6) is -0.166. The Hall–Kier alpha value is -2.21. The summed E-state index contributed by atoms with van der Waals surface area (Å²) in [6.45, 7) is 2.48. The summed E-state index contributed by atoms with van der Waals surface area (Å²) < 4.78 is 1.98. The van der Waals surface area contributed by atoms with Gasteiger partial charge in [-0.05, 0) is 19.1 Å². The molecule has 0 aliphatic heterocycles. The Labute approximate surface area is 113 Å². The zero-order chi connectivity index (χ0) is 13.4. The van der Waals surface area contributed by atoms with Crippen molar-refractivity contribution in [1.82, 2.24) is 14.5 Å². The second-order valence-corrected chi connectivity index (χ2v) is 4.92. The van der Waals surface area contributed by atoms with Gasteiger partial charge in [0.1, 0.15) is 11.3 Å². The number of benzene rings is 1. The van der Waals surface area contributed by atoms with Crippen molar-refractivity contribution in [3.8, 4) is 0 Å². The van der Waals surface area contributed by atoms with Crippen LogP contribution in [0.3, 0.4) is 0 Å². The van der Waals surface area contributed by atoms with Crippen molar-refractivity contribution in [1.29, 1.82) is 0 Å². The zero-order valence-electron chi connectivity index (χ0n) is 10.2. The van der Waals surface area contributed by atoms with Gasteiger partial charge in [0.25, 0.3) is 0 Å². The summed E-state index contributed by atoms with van der Waals surface area (Å²) in [5.41, 5.74) is 4.32. The maximum atomic E-state index is 11.2. The predicted octanol–water partition coefficient (Wildman–Crippen LogP) is 2.55. The molecule has 3 aromatic rings. The highest BCUT2D eigenvalue weighted by Gasteiger charge is 2.15. The molecule has 6 heteroatoms. The van der Waals surface area contributed by atoms with Crippen LogP contribution >= 0.6 is 11.3 Å². The third-order valence-corrected chi connectivity index (χ3v) is 3.64. The second-order valence-electron chi connectivity index (χ2n) is 4.20. The molecule has 0 amide bonds. The number of rotatable bonds is 3. The van der Waals surface area contributed by atoms with Crippen LogP contribution in [0.1, 0.15) is 21.9 Å². The molecule has 19 heavy (non-hydrogen) atoms. The minimum atomic E-state index is -0.955. The highest BCUT2D eigenvalue weighted by atomic mass is 32.1. The van der Waals surface area contributed by atoms with Gasteiger partial charge in [0.2, 0.25) is 0 Å². The van der Waals surface area contributed by atoms with E-state index in [1.54, 1.807) is 29.0 Å². The maximum absolute atomic E-state index is 11.2. The lowest BCUT2D eigenvalue weighted by atomic mass is 10.2. The summed E-state index contributed by atoms with van der Waals surface area (Å²) in [4.78, 5) is 19.8. The summed E-state index contributed by atoms with van der Waals surface area (Å²) in [5, 5.41) is 11.2. The Kier molecular flexibility index (Phi) is 2.79. The first-order chi connectivity index (χ1) is 9.16. The van der Waals surface area contributed by atoms with Crippen LogP contribution in [0.2, 0.25) is 0 Å². The van der Waals surface area contributed by atoms with E-state index < -0.39 is 5.97 Å². The molecule has 5 nitrogen and oxygen atoms in total. The average molecular weight is 273 g/mol. The molecule has 0 bridgehead atoms. The third kappa shape index (κ3) is 2.00. The first kappa shape index (κ1) is 11.9. The molecule has 2 aromatic heterocycles. The number of thiazole rings is 1. The van der Waals surface area contributed by atoms with E-state index >= 15 is 0 Å². The van der Waals surface area contributed by atoms with Crippen LogP contribution in [0, 0.1) is 6.92 Å². The molecule has 1 aromatic carbocycles. The molecule has 0 unspecified atom stereocenters. The lowest BCUT2D eigenvalue weighted by Crippen LogP contribution is -2.02. The van der Waals surface area contributed by atoms with Crippen molar-refractivity contribution in [2.45, 2.75) is 13.5 Å². The number of aromatic carboxylic acids is 1. The highest BCUT2D eigenvalue weighted by Crippen LogP contribution is 2.21. The molecule has 0 fully saturated rings. The van der Waals surface area contributed by atoms with E-state index in [-0.39, 0.29) is 5.56 Å². The van der Waals surface area contributed by atoms with Crippen LogP contribution in [-0.2, 0) is 6.54 Å². The first-order valence-electron chi connectivity index (χ1n) is 5.73. The number of hydrogen-bond donors (Lipinski definition) is 1. The van der Waals surface area contributed by atoms with Crippen molar-refractivity contribution >= 4 is 28.3 Å². The molecular weight excluding hydrogens is 262 g/mol.